The predicted molar refractivity (Wildman–Crippen MR) is 287 cm³/mol. The second-order valence-electron chi connectivity index (χ2n) is 16.6. The van der Waals surface area contributed by atoms with Gasteiger partial charge in [-0.3, -0.25) is 9.59 Å². The van der Waals surface area contributed by atoms with E-state index in [4.69, 9.17) is 14.5 Å². The number of hydrogen-bond donors (Lipinski definition) is 2. The van der Waals surface area contributed by atoms with Gasteiger partial charge in [0, 0.05) is 130 Å². The summed E-state index contributed by atoms with van der Waals surface area (Å²) in [5, 5.41) is 21.3. The van der Waals surface area contributed by atoms with E-state index in [1.807, 2.05) is 72.8 Å². The summed E-state index contributed by atoms with van der Waals surface area (Å²) < 4.78 is 60.9. The fraction of sp³-hybridized carbons (Fsp3) is 0.103. The molecule has 0 aliphatic heterocycles. The van der Waals surface area contributed by atoms with Crippen LogP contribution in [0.15, 0.2) is 191 Å². The fourth-order valence-corrected chi connectivity index (χ4v) is 9.21. The molecular formula is C58H48F2N4O8Pt2S2-2. The molecule has 4 heterocycles. The summed E-state index contributed by atoms with van der Waals surface area (Å²) in [6.07, 6.45) is 6.84. The summed E-state index contributed by atoms with van der Waals surface area (Å²) in [7, 11) is -2.10. The van der Waals surface area contributed by atoms with Crippen LogP contribution in [0, 0.1) is 23.8 Å². The molecule has 0 saturated heterocycles. The van der Waals surface area contributed by atoms with Gasteiger partial charge in [-0.05, 0) is 85.3 Å². The Morgan fingerprint density at radius 1 is 0.592 bits per heavy atom. The third kappa shape index (κ3) is 15.2. The van der Waals surface area contributed by atoms with E-state index >= 15 is 0 Å². The van der Waals surface area contributed by atoms with Gasteiger partial charge in [0.05, 0.1) is 40.7 Å². The van der Waals surface area contributed by atoms with Crippen molar-refractivity contribution in [1.29, 1.82) is 0 Å². The molecule has 4 aromatic heterocycles. The number of aliphatic hydroxyl groups is 2. The molecule has 0 atom stereocenters. The molecule has 396 valence electrons. The fourth-order valence-electron chi connectivity index (χ4n) is 8.02. The van der Waals surface area contributed by atoms with Crippen molar-refractivity contribution in [3.63, 3.8) is 0 Å². The number of aromatic nitrogens is 4. The van der Waals surface area contributed by atoms with Gasteiger partial charge in [-0.15, -0.1) is 41.5 Å². The number of hydrogen-bond acceptors (Lipinski definition) is 11. The third-order valence-electron chi connectivity index (χ3n) is 10.8. The third-order valence-corrected chi connectivity index (χ3v) is 12.4. The molecule has 12 nitrogen and oxygen atoms in total. The number of sulfone groups is 1. The maximum Gasteiger partial charge on any atom is 0.158 e. The second-order valence-corrected chi connectivity index (χ2v) is 19.3. The van der Waals surface area contributed by atoms with Gasteiger partial charge in [0.2, 0.25) is 0 Å². The number of allylic oxidation sites excluding steroid dienone is 4. The van der Waals surface area contributed by atoms with E-state index < -0.39 is 21.5 Å². The van der Waals surface area contributed by atoms with Crippen molar-refractivity contribution < 1.29 is 88.4 Å². The molecule has 18 heteroatoms. The van der Waals surface area contributed by atoms with E-state index in [-0.39, 0.29) is 75.7 Å². The van der Waals surface area contributed by atoms with Crippen molar-refractivity contribution in [3.05, 3.63) is 205 Å². The van der Waals surface area contributed by atoms with Gasteiger partial charge in [-0.2, -0.15) is 4.33 Å². The number of benzene rings is 6. The van der Waals surface area contributed by atoms with Crippen LogP contribution in [-0.2, 0) is 70.8 Å². The zero-order valence-corrected chi connectivity index (χ0v) is 47.7. The number of aliphatic hydroxyl groups excluding tert-OH is 2. The molecule has 0 fully saturated rings. The van der Waals surface area contributed by atoms with Crippen molar-refractivity contribution in [2.75, 3.05) is 13.4 Å². The molecule has 0 amide bonds. The van der Waals surface area contributed by atoms with Crippen molar-refractivity contribution in [2.45, 2.75) is 37.5 Å². The number of fused-ring (bicyclic) bond motifs is 6. The van der Waals surface area contributed by atoms with Crippen LogP contribution < -0.4 is 0 Å². The molecule has 0 unspecified atom stereocenters. The average Bonchev–Trinajstić information content (AvgIpc) is 3.89. The molecule has 0 aliphatic rings. The van der Waals surface area contributed by atoms with Crippen molar-refractivity contribution in [2.24, 2.45) is 0 Å². The van der Waals surface area contributed by atoms with Crippen LogP contribution in [0.3, 0.4) is 0 Å². The average molecular weight is 1420 g/mol. The Labute approximate surface area is 471 Å². The molecule has 10 rings (SSSR count). The van der Waals surface area contributed by atoms with Crippen molar-refractivity contribution >= 4 is 77.1 Å². The summed E-state index contributed by atoms with van der Waals surface area (Å²) in [5.41, 5.74) is 7.96. The summed E-state index contributed by atoms with van der Waals surface area (Å²) in [5.74, 6) is -1.51. The standard InChI is InChI=1S/C25H19N2O4S2.C23H13F2N2.2C5H8O2.2Pt/c1-30-31-32-19-13-17(14-20(16-19)33(2,28)29)23-15-18(11-12-26-23)27-24-9-5-3-7-21(24)22-8-4-6-10-25(22)27;24-16-11-15(12-17(25)13-16)21-14-18(9-10-26-21)27-22-7-3-1-5-19(22)20-6-2-4-8-23(20)27;2*1-4(6)3-5(2)7;;/h3-13,15-16H,1-2H3;1-11,13-14H;2*3,6H,1-2H3;;/q2*-1;;;;. The molecule has 0 aliphatic carbocycles. The van der Waals surface area contributed by atoms with E-state index in [9.17, 15) is 26.8 Å². The first-order chi connectivity index (χ1) is 35.4. The maximum absolute atomic E-state index is 13.6. The summed E-state index contributed by atoms with van der Waals surface area (Å²) >= 11 is 0.926. The minimum Gasteiger partial charge on any atom is -0.512 e. The van der Waals surface area contributed by atoms with E-state index in [0.717, 1.165) is 79.4 Å². The van der Waals surface area contributed by atoms with Gasteiger partial charge in [0.15, 0.2) is 21.4 Å². The molecule has 10 aromatic rings. The van der Waals surface area contributed by atoms with E-state index in [2.05, 4.69) is 84.7 Å². The van der Waals surface area contributed by atoms with Crippen molar-refractivity contribution in [1.82, 2.24) is 19.1 Å². The van der Waals surface area contributed by atoms with Gasteiger partial charge in [-0.1, -0.05) is 91.0 Å². The molecule has 0 bridgehead atoms. The molecule has 0 saturated carbocycles. The topological polar surface area (TPSA) is 163 Å². The number of nitrogens with zero attached hydrogens (tertiary/aromatic N) is 4. The zero-order valence-electron chi connectivity index (χ0n) is 41.5. The van der Waals surface area contributed by atoms with Crippen LogP contribution in [-0.4, -0.2) is 62.7 Å². The summed E-state index contributed by atoms with van der Waals surface area (Å²) in [4.78, 5) is 34.1. The Kier molecular flexibility index (Phi) is 21.5. The van der Waals surface area contributed by atoms with Crippen LogP contribution in [0.1, 0.15) is 27.7 Å². The number of carbonyl (C=O) groups excluding carboxylic acids is 2. The zero-order chi connectivity index (χ0) is 53.1. The number of ketones is 2. The quantitative estimate of drug-likeness (QED) is 0.0335. The Hall–Kier alpha value is -6.90. The number of halogens is 2. The predicted octanol–water partition coefficient (Wildman–Crippen LogP) is 13.6. The summed E-state index contributed by atoms with van der Waals surface area (Å²) in [6.45, 7) is 5.70. The minimum atomic E-state index is -3.49. The van der Waals surface area contributed by atoms with Crippen LogP contribution in [0.4, 0.5) is 8.78 Å². The molecule has 76 heavy (non-hydrogen) atoms. The largest absolute Gasteiger partial charge is 0.512 e. The van der Waals surface area contributed by atoms with Gasteiger partial charge in [-0.25, -0.2) is 22.1 Å². The van der Waals surface area contributed by atoms with Crippen LogP contribution in [0.2, 0.25) is 0 Å². The number of pyridine rings is 2. The molecule has 2 N–H and O–H groups in total. The summed E-state index contributed by atoms with van der Waals surface area (Å²) in [6, 6.07) is 51.2. The first-order valence-corrected chi connectivity index (χ1v) is 25.2. The van der Waals surface area contributed by atoms with Gasteiger partial charge >= 0.3 is 0 Å². The van der Waals surface area contributed by atoms with Crippen molar-refractivity contribution in [3.8, 4) is 33.9 Å². The smallest absolute Gasteiger partial charge is 0.158 e. The molecule has 6 aromatic carbocycles. The normalized spacial score (nSPS) is 11.3. The van der Waals surface area contributed by atoms with E-state index in [1.165, 1.54) is 59.1 Å². The number of para-hydroxylation sites is 4. The van der Waals surface area contributed by atoms with E-state index in [0.29, 0.717) is 21.8 Å². The molecule has 0 spiro atoms. The molecule has 0 radical (unpaired) electrons. The van der Waals surface area contributed by atoms with Crippen LogP contribution in [0.5, 0.6) is 0 Å². The monoisotopic (exact) mass is 1420 g/mol. The Morgan fingerprint density at radius 3 is 1.33 bits per heavy atom. The first-order valence-electron chi connectivity index (χ1n) is 22.6. The van der Waals surface area contributed by atoms with Gasteiger partial charge in [0.25, 0.3) is 0 Å². The first kappa shape index (κ1) is 60.0. The van der Waals surface area contributed by atoms with Crippen LogP contribution >= 0.6 is 12.0 Å². The van der Waals surface area contributed by atoms with Gasteiger partial charge in [0.1, 0.15) is 0 Å². The maximum atomic E-state index is 13.6. The molecular weight excluding hydrogens is 1370 g/mol. The van der Waals surface area contributed by atoms with Crippen LogP contribution in [0.25, 0.3) is 77.5 Å². The Morgan fingerprint density at radius 2 is 0.987 bits per heavy atom. The minimum absolute atomic E-state index is 0. The SMILES string of the molecule is CC(=O)C=C(C)O.CC(=O)C=C(C)O.COOSc1cc(-c2cc(-n3c4ccccc4c4ccccc43)ccn2)[c-]c(S(C)(=O)=O)c1.Fc1[c-]c(-c2cc(-n3c4ccccc4c4ccccc43)ccn2)cc(F)c1.[Pt].[Pt]. The number of carbonyl (C=O) groups is 2. The second kappa shape index (κ2) is 27.2. The Bertz CT molecular complexity index is 3720. The van der Waals surface area contributed by atoms with Gasteiger partial charge < -0.3 is 29.3 Å². The Balaban J connectivity index is 0.000000222. The van der Waals surface area contributed by atoms with E-state index in [1.54, 1.807) is 18.5 Å². The number of rotatable bonds is 10.